The molecule has 0 bridgehead atoms. The lowest BCUT2D eigenvalue weighted by Gasteiger charge is -2.10. The van der Waals surface area contributed by atoms with Crippen molar-refractivity contribution in [1.82, 2.24) is 9.55 Å². The van der Waals surface area contributed by atoms with Crippen molar-refractivity contribution in [3.8, 4) is 11.8 Å². The van der Waals surface area contributed by atoms with E-state index in [-0.39, 0.29) is 42.6 Å². The zero-order valence-electron chi connectivity index (χ0n) is 25.1. The number of nitrogens with one attached hydrogen (secondary N) is 1. The van der Waals surface area contributed by atoms with Gasteiger partial charge in [0.05, 0.1) is 0 Å². The quantitative estimate of drug-likeness (QED) is 0.126. The summed E-state index contributed by atoms with van der Waals surface area (Å²) in [7, 11) is 0. The number of aromatic nitrogens is 2. The zero-order valence-corrected chi connectivity index (χ0v) is 25.1. The minimum atomic E-state index is -0.697. The SMILES string of the molecule is CCCCCc1ccc(C#Cc2cn(C/C=C3\OC(=O)C(OCc4ccccc4)=C3OCc3ccccc3)c(=O)[nH]c2=O)cc1. The maximum absolute atomic E-state index is 12.9. The van der Waals surface area contributed by atoms with Gasteiger partial charge in [-0.2, -0.15) is 0 Å². The summed E-state index contributed by atoms with van der Waals surface area (Å²) in [6, 6.07) is 26.8. The molecule has 1 aliphatic heterocycles. The van der Waals surface area contributed by atoms with Gasteiger partial charge in [0.25, 0.3) is 11.3 Å². The van der Waals surface area contributed by atoms with Gasteiger partial charge in [0.2, 0.25) is 5.76 Å². The number of esters is 1. The van der Waals surface area contributed by atoms with Crippen LogP contribution in [0.2, 0.25) is 0 Å². The van der Waals surface area contributed by atoms with E-state index in [2.05, 4.69) is 23.7 Å². The molecule has 45 heavy (non-hydrogen) atoms. The fraction of sp³-hybridized carbons (Fsp3) is 0.216. The van der Waals surface area contributed by atoms with Crippen LogP contribution in [0.5, 0.6) is 0 Å². The van der Waals surface area contributed by atoms with Crippen molar-refractivity contribution >= 4 is 5.97 Å². The average Bonchev–Trinajstić information content (AvgIpc) is 3.37. The number of rotatable bonds is 12. The molecule has 0 unspecified atom stereocenters. The summed E-state index contributed by atoms with van der Waals surface area (Å²) in [5.74, 6) is 5.38. The molecule has 0 radical (unpaired) electrons. The lowest BCUT2D eigenvalue weighted by atomic mass is 10.1. The highest BCUT2D eigenvalue weighted by atomic mass is 16.6. The number of ether oxygens (including phenoxy) is 3. The summed E-state index contributed by atoms with van der Waals surface area (Å²) < 4.78 is 18.7. The van der Waals surface area contributed by atoms with Crippen molar-refractivity contribution in [3.05, 3.63) is 163 Å². The highest BCUT2D eigenvalue weighted by Crippen LogP contribution is 2.30. The van der Waals surface area contributed by atoms with Crippen molar-refractivity contribution in [2.45, 2.75) is 52.4 Å². The van der Waals surface area contributed by atoms with Crippen LogP contribution in [-0.4, -0.2) is 15.5 Å². The number of H-pyrrole nitrogens is 1. The molecule has 1 N–H and O–H groups in total. The number of unbranched alkanes of at least 4 members (excludes halogenated alkanes) is 2. The summed E-state index contributed by atoms with van der Waals surface area (Å²) in [6.07, 6.45) is 7.46. The van der Waals surface area contributed by atoms with Gasteiger partial charge >= 0.3 is 11.7 Å². The predicted molar refractivity (Wildman–Crippen MR) is 171 cm³/mol. The molecule has 8 heteroatoms. The highest BCUT2D eigenvalue weighted by Gasteiger charge is 2.34. The molecule has 8 nitrogen and oxygen atoms in total. The number of allylic oxidation sites excluding steroid dienone is 1. The fourth-order valence-corrected chi connectivity index (χ4v) is 4.64. The third-order valence-electron chi connectivity index (χ3n) is 7.12. The smallest absolute Gasteiger partial charge is 0.383 e. The summed E-state index contributed by atoms with van der Waals surface area (Å²) in [6.45, 7) is 2.46. The van der Waals surface area contributed by atoms with Gasteiger partial charge in [0, 0.05) is 18.3 Å². The molecule has 0 atom stereocenters. The van der Waals surface area contributed by atoms with E-state index in [1.165, 1.54) is 35.2 Å². The molecule has 2 heterocycles. The Kier molecular flexibility index (Phi) is 10.5. The Labute approximate surface area is 261 Å². The van der Waals surface area contributed by atoms with E-state index in [0.29, 0.717) is 0 Å². The third-order valence-corrected chi connectivity index (χ3v) is 7.12. The van der Waals surface area contributed by atoms with Crippen molar-refractivity contribution in [3.63, 3.8) is 0 Å². The first-order valence-corrected chi connectivity index (χ1v) is 15.0. The number of aryl methyl sites for hydroxylation is 1. The third kappa shape index (κ3) is 8.52. The first-order chi connectivity index (χ1) is 22.0. The van der Waals surface area contributed by atoms with Gasteiger partial charge in [-0.25, -0.2) is 9.59 Å². The van der Waals surface area contributed by atoms with Crippen LogP contribution in [-0.2, 0) is 45.2 Å². The Hall–Kier alpha value is -5.55. The number of aromatic amines is 1. The fourth-order valence-electron chi connectivity index (χ4n) is 4.64. The van der Waals surface area contributed by atoms with Gasteiger partial charge in [-0.05, 0) is 47.7 Å². The second kappa shape index (κ2) is 15.3. The molecule has 0 saturated heterocycles. The van der Waals surface area contributed by atoms with Crippen LogP contribution in [0.1, 0.15) is 54.0 Å². The maximum atomic E-state index is 12.9. The predicted octanol–water partition coefficient (Wildman–Crippen LogP) is 5.76. The standard InChI is InChI=1S/C37H34N2O6/c1-2-3-6-11-27-16-18-28(19-17-27)20-21-31-24-39(37(42)38-35(31)40)23-22-32-33(43-25-29-12-7-4-8-13-29)34(36(41)45-32)44-26-30-14-9-5-10-15-30/h4-5,7-10,12-19,22,24H,2-3,6,11,23,25-26H2,1H3,(H,38,40,42)/b32-22-. The molecule has 0 spiro atoms. The van der Waals surface area contributed by atoms with Gasteiger partial charge in [0.1, 0.15) is 18.8 Å². The average molecular weight is 603 g/mol. The second-order valence-electron chi connectivity index (χ2n) is 10.5. The molecule has 0 saturated carbocycles. The topological polar surface area (TPSA) is 99.6 Å². The van der Waals surface area contributed by atoms with E-state index in [4.69, 9.17) is 14.2 Å². The van der Waals surface area contributed by atoms with Gasteiger partial charge in [-0.3, -0.25) is 14.3 Å². The van der Waals surface area contributed by atoms with Crippen molar-refractivity contribution < 1.29 is 19.0 Å². The molecule has 4 aromatic rings. The lowest BCUT2D eigenvalue weighted by molar-refractivity contribution is -0.136. The Morgan fingerprint density at radius 3 is 2.07 bits per heavy atom. The van der Waals surface area contributed by atoms with Crippen molar-refractivity contribution in [1.29, 1.82) is 0 Å². The van der Waals surface area contributed by atoms with Gasteiger partial charge in [-0.1, -0.05) is 104 Å². The molecule has 228 valence electrons. The maximum Gasteiger partial charge on any atom is 0.383 e. The summed E-state index contributed by atoms with van der Waals surface area (Å²) in [5, 5.41) is 0. The molecule has 0 amide bonds. The van der Waals surface area contributed by atoms with E-state index < -0.39 is 17.2 Å². The van der Waals surface area contributed by atoms with Crippen molar-refractivity contribution in [2.24, 2.45) is 0 Å². The van der Waals surface area contributed by atoms with Gasteiger partial charge in [0.15, 0.2) is 5.76 Å². The normalized spacial score (nSPS) is 13.4. The Morgan fingerprint density at radius 2 is 1.42 bits per heavy atom. The number of nitrogens with zero attached hydrogens (tertiary/aromatic N) is 1. The highest BCUT2D eigenvalue weighted by molar-refractivity contribution is 5.91. The van der Waals surface area contributed by atoms with Crippen LogP contribution in [0.3, 0.4) is 0 Å². The summed E-state index contributed by atoms with van der Waals surface area (Å²) in [4.78, 5) is 40.3. The summed E-state index contributed by atoms with van der Waals surface area (Å²) in [5.41, 5.74) is 2.69. The Balaban J connectivity index is 1.36. The minimum Gasteiger partial charge on any atom is -0.481 e. The molecule has 3 aromatic carbocycles. The number of hydrogen-bond acceptors (Lipinski definition) is 6. The van der Waals surface area contributed by atoms with Crippen LogP contribution in [0.4, 0.5) is 0 Å². The first kappa shape index (κ1) is 30.9. The number of cyclic esters (lactones) is 1. The van der Waals surface area contributed by atoms with Gasteiger partial charge in [-0.15, -0.1) is 0 Å². The first-order valence-electron chi connectivity index (χ1n) is 15.0. The number of benzene rings is 3. The van der Waals surface area contributed by atoms with E-state index >= 15 is 0 Å². The van der Waals surface area contributed by atoms with Crippen LogP contribution >= 0.6 is 0 Å². The largest absolute Gasteiger partial charge is 0.481 e. The molecule has 0 fully saturated rings. The second-order valence-corrected chi connectivity index (χ2v) is 10.5. The monoisotopic (exact) mass is 602 g/mol. The van der Waals surface area contributed by atoms with Crippen LogP contribution in [0, 0.1) is 11.8 Å². The number of hydrogen-bond donors (Lipinski definition) is 1. The molecule has 1 aliphatic rings. The van der Waals surface area contributed by atoms with Crippen LogP contribution < -0.4 is 11.2 Å². The Bertz CT molecular complexity index is 1860. The molecular formula is C37H34N2O6. The van der Waals surface area contributed by atoms with E-state index in [1.807, 2.05) is 84.9 Å². The summed E-state index contributed by atoms with van der Waals surface area (Å²) >= 11 is 0. The number of carbonyl (C=O) groups is 1. The minimum absolute atomic E-state index is 0.0243. The van der Waals surface area contributed by atoms with Crippen LogP contribution in [0.25, 0.3) is 0 Å². The molecule has 0 aliphatic carbocycles. The lowest BCUT2D eigenvalue weighted by Crippen LogP contribution is -2.30. The molecule has 5 rings (SSSR count). The van der Waals surface area contributed by atoms with E-state index in [0.717, 1.165) is 29.5 Å². The van der Waals surface area contributed by atoms with Gasteiger partial charge < -0.3 is 14.2 Å². The zero-order chi connectivity index (χ0) is 31.4. The Morgan fingerprint density at radius 1 is 0.778 bits per heavy atom. The van der Waals surface area contributed by atoms with Crippen LogP contribution in [0.15, 0.2) is 124 Å². The van der Waals surface area contributed by atoms with E-state index in [1.54, 1.807) is 0 Å². The number of carbonyl (C=O) groups excluding carboxylic acids is 1. The van der Waals surface area contributed by atoms with E-state index in [9.17, 15) is 14.4 Å². The molecular weight excluding hydrogens is 568 g/mol. The van der Waals surface area contributed by atoms with Crippen molar-refractivity contribution in [2.75, 3.05) is 0 Å². The molecule has 1 aromatic heterocycles.